The third kappa shape index (κ3) is 4.63. The molecule has 0 unspecified atom stereocenters. The zero-order valence-corrected chi connectivity index (χ0v) is 27.2. The van der Waals surface area contributed by atoms with Crippen LogP contribution in [0.4, 0.5) is 0 Å². The molecule has 1 N–H and O–H groups in total. The molecule has 0 radical (unpaired) electrons. The van der Waals surface area contributed by atoms with E-state index in [2.05, 4.69) is 185 Å². The molecular weight excluding hydrogens is 607 g/mol. The number of aromatic amines is 1. The van der Waals surface area contributed by atoms with E-state index < -0.39 is 0 Å². The molecule has 3 heterocycles. The fourth-order valence-corrected chi connectivity index (χ4v) is 7.55. The summed E-state index contributed by atoms with van der Waals surface area (Å²) in [4.78, 5) is 8.84. The van der Waals surface area contributed by atoms with Crippen LogP contribution in [0.15, 0.2) is 182 Å². The molecule has 0 spiro atoms. The lowest BCUT2D eigenvalue weighted by Gasteiger charge is -2.10. The molecule has 0 fully saturated rings. The third-order valence-electron chi connectivity index (χ3n) is 9.95. The highest BCUT2D eigenvalue weighted by Gasteiger charge is 2.18. The summed E-state index contributed by atoms with van der Waals surface area (Å²) in [6.07, 6.45) is 2.09. The molecule has 10 rings (SSSR count). The van der Waals surface area contributed by atoms with Crippen LogP contribution in [0.5, 0.6) is 0 Å². The highest BCUT2D eigenvalue weighted by Crippen LogP contribution is 2.41. The molecule has 7 aromatic carbocycles. The van der Waals surface area contributed by atoms with Crippen LogP contribution >= 0.6 is 0 Å². The highest BCUT2D eigenvalue weighted by molar-refractivity contribution is 6.16. The lowest BCUT2D eigenvalue weighted by molar-refractivity contribution is 1.19. The van der Waals surface area contributed by atoms with E-state index in [0.29, 0.717) is 0 Å². The van der Waals surface area contributed by atoms with E-state index in [1.807, 2.05) is 6.07 Å². The molecule has 0 bridgehead atoms. The van der Waals surface area contributed by atoms with Gasteiger partial charge in [-0.15, -0.1) is 0 Å². The van der Waals surface area contributed by atoms with Crippen LogP contribution in [0, 0.1) is 0 Å². The number of hydrogen-bond acceptors (Lipinski definition) is 1. The lowest BCUT2D eigenvalue weighted by atomic mass is 9.94. The standard InChI is InChI=1S/C47H31N3/c1-4-12-32(13-5-1)44-41-30-40-38(29-42(41)48-45(44)33-14-6-2-7-15-33)24-23-37-28-36(25-26-39(37)40)31-19-21-34(22-20-31)46-47(35-16-8-3-9-17-35)50-27-11-10-18-43(50)49-46/h1-30,48H. The number of fused-ring (bicyclic) bond motifs is 5. The summed E-state index contributed by atoms with van der Waals surface area (Å²) in [6.45, 7) is 0. The third-order valence-corrected chi connectivity index (χ3v) is 9.95. The topological polar surface area (TPSA) is 33.1 Å². The molecule has 3 heteroatoms. The summed E-state index contributed by atoms with van der Waals surface area (Å²) in [5.41, 5.74) is 13.6. The van der Waals surface area contributed by atoms with Crippen molar-refractivity contribution in [2.45, 2.75) is 0 Å². The molecule has 0 saturated carbocycles. The summed E-state index contributed by atoms with van der Waals surface area (Å²) >= 11 is 0. The van der Waals surface area contributed by atoms with E-state index in [0.717, 1.165) is 39.4 Å². The van der Waals surface area contributed by atoms with Crippen molar-refractivity contribution < 1.29 is 0 Å². The van der Waals surface area contributed by atoms with Gasteiger partial charge in [0.1, 0.15) is 5.65 Å². The van der Waals surface area contributed by atoms with E-state index in [9.17, 15) is 0 Å². The average Bonchev–Trinajstić information content (AvgIpc) is 3.77. The van der Waals surface area contributed by atoms with Crippen molar-refractivity contribution in [2.75, 3.05) is 0 Å². The van der Waals surface area contributed by atoms with Crippen LogP contribution in [0.2, 0.25) is 0 Å². The number of pyridine rings is 1. The van der Waals surface area contributed by atoms with E-state index in [-0.39, 0.29) is 0 Å². The first-order valence-corrected chi connectivity index (χ1v) is 17.0. The van der Waals surface area contributed by atoms with E-state index in [1.54, 1.807) is 0 Å². The molecule has 0 aliphatic heterocycles. The maximum absolute atomic E-state index is 5.06. The maximum atomic E-state index is 5.06. The van der Waals surface area contributed by atoms with Gasteiger partial charge in [0, 0.05) is 33.8 Å². The Hall–Kier alpha value is -6.71. The molecular formula is C47H31N3. The molecule has 234 valence electrons. The quantitative estimate of drug-likeness (QED) is 0.187. The Morgan fingerprint density at radius 1 is 0.420 bits per heavy atom. The van der Waals surface area contributed by atoms with Crippen LogP contribution in [-0.2, 0) is 0 Å². The molecule has 3 nitrogen and oxygen atoms in total. The number of aromatic nitrogens is 3. The second kappa shape index (κ2) is 11.5. The van der Waals surface area contributed by atoms with Gasteiger partial charge in [-0.2, -0.15) is 0 Å². The molecule has 0 amide bonds. The molecule has 50 heavy (non-hydrogen) atoms. The van der Waals surface area contributed by atoms with Crippen molar-refractivity contribution in [1.82, 2.24) is 14.4 Å². The fraction of sp³-hybridized carbons (Fsp3) is 0. The number of imidazole rings is 1. The summed E-state index contributed by atoms with van der Waals surface area (Å²) in [7, 11) is 0. The van der Waals surface area contributed by atoms with Gasteiger partial charge in [-0.05, 0) is 74.1 Å². The zero-order chi connectivity index (χ0) is 33.0. The molecule has 0 atom stereocenters. The largest absolute Gasteiger partial charge is 0.354 e. The van der Waals surface area contributed by atoms with Crippen molar-refractivity contribution >= 4 is 38.1 Å². The van der Waals surface area contributed by atoms with Crippen molar-refractivity contribution in [3.63, 3.8) is 0 Å². The van der Waals surface area contributed by atoms with Crippen LogP contribution < -0.4 is 0 Å². The lowest BCUT2D eigenvalue weighted by Crippen LogP contribution is -1.89. The monoisotopic (exact) mass is 637 g/mol. The Labute approximate surface area is 289 Å². The highest BCUT2D eigenvalue weighted by atomic mass is 15.0. The Morgan fingerprint density at radius 2 is 1.04 bits per heavy atom. The van der Waals surface area contributed by atoms with Gasteiger partial charge in [0.2, 0.25) is 0 Å². The van der Waals surface area contributed by atoms with Gasteiger partial charge >= 0.3 is 0 Å². The number of nitrogens with one attached hydrogen (secondary N) is 1. The first kappa shape index (κ1) is 28.3. The number of H-pyrrole nitrogens is 1. The smallest absolute Gasteiger partial charge is 0.137 e. The van der Waals surface area contributed by atoms with E-state index in [4.69, 9.17) is 4.98 Å². The normalized spacial score (nSPS) is 11.6. The molecule has 0 aliphatic rings. The van der Waals surface area contributed by atoms with Gasteiger partial charge in [-0.3, -0.25) is 4.40 Å². The number of nitrogens with zero attached hydrogens (tertiary/aromatic N) is 2. The summed E-state index contributed by atoms with van der Waals surface area (Å²) in [5, 5.41) is 6.20. The minimum absolute atomic E-state index is 0.941. The van der Waals surface area contributed by atoms with Gasteiger partial charge in [0.15, 0.2) is 0 Å². The minimum Gasteiger partial charge on any atom is -0.354 e. The van der Waals surface area contributed by atoms with Gasteiger partial charge in [0.05, 0.1) is 17.1 Å². The SMILES string of the molecule is c1ccc(-c2[nH]c3cc4ccc5cc(-c6ccc(-c7nc8ccccn8c7-c7ccccc7)cc6)ccc5c4cc3c2-c2ccccc2)cc1. The molecule has 3 aromatic heterocycles. The molecule has 0 aliphatic carbocycles. The van der Waals surface area contributed by atoms with Crippen LogP contribution in [0.3, 0.4) is 0 Å². The van der Waals surface area contributed by atoms with Gasteiger partial charge in [-0.1, -0.05) is 146 Å². The second-order valence-electron chi connectivity index (χ2n) is 12.9. The summed E-state index contributed by atoms with van der Waals surface area (Å²) in [6, 6.07) is 62.9. The Bertz CT molecular complexity index is 2830. The predicted molar refractivity (Wildman–Crippen MR) is 209 cm³/mol. The van der Waals surface area contributed by atoms with Crippen molar-refractivity contribution in [2.24, 2.45) is 0 Å². The first-order chi connectivity index (χ1) is 24.8. The van der Waals surface area contributed by atoms with Crippen LogP contribution in [-0.4, -0.2) is 14.4 Å². The first-order valence-electron chi connectivity index (χ1n) is 17.0. The zero-order valence-electron chi connectivity index (χ0n) is 27.2. The molecule has 0 saturated heterocycles. The van der Waals surface area contributed by atoms with Crippen molar-refractivity contribution in [3.05, 3.63) is 182 Å². The summed E-state index contributed by atoms with van der Waals surface area (Å²) < 4.78 is 2.18. The number of benzene rings is 7. The Morgan fingerprint density at radius 3 is 1.78 bits per heavy atom. The fourth-order valence-electron chi connectivity index (χ4n) is 7.55. The van der Waals surface area contributed by atoms with Crippen molar-refractivity contribution in [3.8, 4) is 56.0 Å². The molecule has 10 aromatic rings. The predicted octanol–water partition coefficient (Wildman–Crippen LogP) is 12.5. The Balaban J connectivity index is 1.07. The minimum atomic E-state index is 0.941. The van der Waals surface area contributed by atoms with Gasteiger partial charge < -0.3 is 4.98 Å². The maximum Gasteiger partial charge on any atom is 0.137 e. The van der Waals surface area contributed by atoms with E-state index in [1.165, 1.54) is 54.7 Å². The van der Waals surface area contributed by atoms with E-state index >= 15 is 0 Å². The number of hydrogen-bond donors (Lipinski definition) is 1. The van der Waals surface area contributed by atoms with Gasteiger partial charge in [-0.25, -0.2) is 4.98 Å². The average molecular weight is 638 g/mol. The Kier molecular flexibility index (Phi) is 6.49. The summed E-state index contributed by atoms with van der Waals surface area (Å²) in [5.74, 6) is 0. The van der Waals surface area contributed by atoms with Crippen molar-refractivity contribution in [1.29, 1.82) is 0 Å². The second-order valence-corrected chi connectivity index (χ2v) is 12.9. The van der Waals surface area contributed by atoms with Crippen LogP contribution in [0.1, 0.15) is 0 Å². The number of rotatable bonds is 5. The van der Waals surface area contributed by atoms with Crippen LogP contribution in [0.25, 0.3) is 94.1 Å². The van der Waals surface area contributed by atoms with Gasteiger partial charge in [0.25, 0.3) is 0 Å².